The summed E-state index contributed by atoms with van der Waals surface area (Å²) in [5.41, 5.74) is 3.48. The first-order valence-corrected chi connectivity index (χ1v) is 9.74. The highest BCUT2D eigenvalue weighted by atomic mass is 127. The molecule has 2 aromatic rings. The van der Waals surface area contributed by atoms with Crippen LogP contribution >= 0.6 is 24.0 Å². The number of aromatic hydroxyl groups is 1. The van der Waals surface area contributed by atoms with Crippen molar-refractivity contribution in [2.75, 3.05) is 51.8 Å². The topological polar surface area (TPSA) is 60.3 Å². The molecule has 1 fully saturated rings. The number of ether oxygens (including phenoxy) is 1. The van der Waals surface area contributed by atoms with Gasteiger partial charge in [0.05, 0.1) is 7.11 Å². The average Bonchev–Trinajstić information content (AvgIpc) is 2.72. The minimum Gasteiger partial charge on any atom is -0.508 e. The Balaban J connectivity index is 0.00000300. The van der Waals surface area contributed by atoms with Crippen LogP contribution in [0.1, 0.15) is 11.1 Å². The summed E-state index contributed by atoms with van der Waals surface area (Å²) in [6, 6.07) is 14.1. The van der Waals surface area contributed by atoms with Crippen molar-refractivity contribution in [3.63, 3.8) is 0 Å². The molecule has 0 unspecified atom stereocenters. The van der Waals surface area contributed by atoms with Crippen molar-refractivity contribution in [2.24, 2.45) is 4.99 Å². The van der Waals surface area contributed by atoms with Crippen LogP contribution in [0.5, 0.6) is 11.5 Å². The molecular weight excluding hydrogens is 479 g/mol. The van der Waals surface area contributed by atoms with Crippen LogP contribution in [-0.4, -0.2) is 62.8 Å². The summed E-state index contributed by atoms with van der Waals surface area (Å²) in [7, 11) is 3.42. The van der Waals surface area contributed by atoms with Gasteiger partial charge in [0.15, 0.2) is 5.96 Å². The Morgan fingerprint density at radius 1 is 1.14 bits per heavy atom. The standard InChI is InChI=1S/C22H30N4O2.HI/c1-17-5-4-6-19(15-17)25-11-13-26(14-12-25)22(23-2)24-10-9-18-7-8-20(28-3)16-21(18)27;/h4-8,15-16,27H,9-14H2,1-3H3,(H,23,24);1H. The molecule has 0 radical (unpaired) electrons. The van der Waals surface area contributed by atoms with Gasteiger partial charge in [-0.2, -0.15) is 0 Å². The third-order valence-electron chi connectivity index (χ3n) is 5.13. The van der Waals surface area contributed by atoms with E-state index in [0.29, 0.717) is 12.3 Å². The van der Waals surface area contributed by atoms with Gasteiger partial charge in [-0.25, -0.2) is 0 Å². The Bertz CT molecular complexity index is 820. The van der Waals surface area contributed by atoms with Crippen LogP contribution < -0.4 is 15.0 Å². The first-order chi connectivity index (χ1) is 13.6. The van der Waals surface area contributed by atoms with Crippen molar-refractivity contribution in [3.05, 3.63) is 53.6 Å². The number of benzene rings is 2. The molecule has 2 N–H and O–H groups in total. The number of phenols is 1. The van der Waals surface area contributed by atoms with Crippen LogP contribution in [0.4, 0.5) is 5.69 Å². The zero-order chi connectivity index (χ0) is 19.9. The largest absolute Gasteiger partial charge is 0.508 e. The van der Waals surface area contributed by atoms with Crippen LogP contribution in [-0.2, 0) is 6.42 Å². The number of nitrogens with zero attached hydrogens (tertiary/aromatic N) is 3. The van der Waals surface area contributed by atoms with Gasteiger partial charge in [-0.15, -0.1) is 24.0 Å². The molecule has 1 aliphatic rings. The summed E-state index contributed by atoms with van der Waals surface area (Å²) in [4.78, 5) is 9.15. The summed E-state index contributed by atoms with van der Waals surface area (Å²) in [6.07, 6.45) is 0.720. The van der Waals surface area contributed by atoms with Gasteiger partial charge in [0, 0.05) is 51.5 Å². The smallest absolute Gasteiger partial charge is 0.193 e. The zero-order valence-electron chi connectivity index (χ0n) is 17.4. The first kappa shape index (κ1) is 23.1. The number of guanidine groups is 1. The number of hydrogen-bond donors (Lipinski definition) is 2. The van der Waals surface area contributed by atoms with E-state index in [2.05, 4.69) is 51.3 Å². The molecule has 158 valence electrons. The number of aryl methyl sites for hydroxylation is 1. The number of anilines is 1. The molecule has 6 nitrogen and oxygen atoms in total. The highest BCUT2D eigenvalue weighted by Crippen LogP contribution is 2.23. The van der Waals surface area contributed by atoms with Crippen LogP contribution in [0.3, 0.4) is 0 Å². The monoisotopic (exact) mass is 510 g/mol. The molecule has 7 heteroatoms. The van der Waals surface area contributed by atoms with E-state index in [1.807, 2.05) is 19.2 Å². The van der Waals surface area contributed by atoms with Gasteiger partial charge in [0.1, 0.15) is 11.5 Å². The van der Waals surface area contributed by atoms with Gasteiger partial charge in [-0.3, -0.25) is 4.99 Å². The maximum Gasteiger partial charge on any atom is 0.193 e. The normalized spacial score (nSPS) is 14.4. The van der Waals surface area contributed by atoms with Gasteiger partial charge in [-0.1, -0.05) is 18.2 Å². The van der Waals surface area contributed by atoms with Crippen LogP contribution in [0.25, 0.3) is 0 Å². The first-order valence-electron chi connectivity index (χ1n) is 9.74. The molecule has 1 aliphatic heterocycles. The predicted octanol–water partition coefficient (Wildman–Crippen LogP) is 3.27. The second kappa shape index (κ2) is 11.1. The van der Waals surface area contributed by atoms with E-state index in [-0.39, 0.29) is 29.7 Å². The second-order valence-corrected chi connectivity index (χ2v) is 7.03. The van der Waals surface area contributed by atoms with Gasteiger partial charge in [0.2, 0.25) is 0 Å². The van der Waals surface area contributed by atoms with Crippen molar-refractivity contribution >= 4 is 35.6 Å². The fraction of sp³-hybridized carbons (Fsp3) is 0.409. The molecule has 0 spiro atoms. The molecular formula is C22H31IN4O2. The summed E-state index contributed by atoms with van der Waals surface area (Å²) >= 11 is 0. The molecule has 0 bridgehead atoms. The van der Waals surface area contributed by atoms with Crippen molar-refractivity contribution in [2.45, 2.75) is 13.3 Å². The lowest BCUT2D eigenvalue weighted by atomic mass is 10.1. The molecule has 29 heavy (non-hydrogen) atoms. The van der Waals surface area contributed by atoms with Crippen LogP contribution in [0.15, 0.2) is 47.5 Å². The van der Waals surface area contributed by atoms with Gasteiger partial charge < -0.3 is 25.0 Å². The fourth-order valence-electron chi connectivity index (χ4n) is 3.52. The summed E-state index contributed by atoms with van der Waals surface area (Å²) < 4.78 is 5.13. The molecule has 0 atom stereocenters. The molecule has 1 heterocycles. The number of methoxy groups -OCH3 is 1. The zero-order valence-corrected chi connectivity index (χ0v) is 19.7. The number of hydrogen-bond acceptors (Lipinski definition) is 4. The van der Waals surface area contributed by atoms with Crippen molar-refractivity contribution < 1.29 is 9.84 Å². The minimum absolute atomic E-state index is 0. The summed E-state index contributed by atoms with van der Waals surface area (Å²) in [5.74, 6) is 1.84. The lowest BCUT2D eigenvalue weighted by Gasteiger charge is -2.37. The Labute approximate surface area is 190 Å². The van der Waals surface area contributed by atoms with E-state index in [1.54, 1.807) is 13.2 Å². The van der Waals surface area contributed by atoms with Crippen LogP contribution in [0.2, 0.25) is 0 Å². The van der Waals surface area contributed by atoms with Crippen LogP contribution in [0, 0.1) is 6.92 Å². The number of rotatable bonds is 5. The number of halogens is 1. The molecule has 3 rings (SSSR count). The number of nitrogens with one attached hydrogen (secondary N) is 1. The summed E-state index contributed by atoms with van der Waals surface area (Å²) in [5, 5.41) is 13.5. The van der Waals surface area contributed by atoms with Crippen molar-refractivity contribution in [3.8, 4) is 11.5 Å². The molecule has 2 aromatic carbocycles. The third-order valence-corrected chi connectivity index (χ3v) is 5.13. The van der Waals surface area contributed by atoms with E-state index < -0.39 is 0 Å². The SMILES string of the molecule is CN=C(NCCc1ccc(OC)cc1O)N1CCN(c2cccc(C)c2)CC1.I. The van der Waals surface area contributed by atoms with Gasteiger partial charge >= 0.3 is 0 Å². The van der Waals surface area contributed by atoms with Gasteiger partial charge in [0.25, 0.3) is 0 Å². The Morgan fingerprint density at radius 3 is 2.52 bits per heavy atom. The Hall–Kier alpha value is -2.16. The minimum atomic E-state index is 0. The van der Waals surface area contributed by atoms with E-state index in [9.17, 15) is 5.11 Å². The van der Waals surface area contributed by atoms with Crippen molar-refractivity contribution in [1.29, 1.82) is 0 Å². The number of aliphatic imine (C=N–C) groups is 1. The molecule has 0 amide bonds. The maximum absolute atomic E-state index is 10.1. The van der Waals surface area contributed by atoms with E-state index >= 15 is 0 Å². The third kappa shape index (κ3) is 6.16. The highest BCUT2D eigenvalue weighted by molar-refractivity contribution is 14.0. The quantitative estimate of drug-likeness (QED) is 0.368. The van der Waals surface area contributed by atoms with E-state index in [1.165, 1.54) is 11.3 Å². The van der Waals surface area contributed by atoms with E-state index in [0.717, 1.165) is 44.1 Å². The highest BCUT2D eigenvalue weighted by Gasteiger charge is 2.19. The fourth-order valence-corrected chi connectivity index (χ4v) is 3.52. The maximum atomic E-state index is 10.1. The van der Waals surface area contributed by atoms with Gasteiger partial charge in [-0.05, 0) is 42.7 Å². The molecule has 1 saturated heterocycles. The summed E-state index contributed by atoms with van der Waals surface area (Å²) in [6.45, 7) is 6.66. The lowest BCUT2D eigenvalue weighted by Crippen LogP contribution is -2.52. The number of piperazine rings is 1. The Morgan fingerprint density at radius 2 is 1.90 bits per heavy atom. The molecule has 0 saturated carbocycles. The van der Waals surface area contributed by atoms with E-state index in [4.69, 9.17) is 4.74 Å². The molecule has 0 aliphatic carbocycles. The Kier molecular flexibility index (Phi) is 8.88. The number of phenolic OH excluding ortho intramolecular Hbond substituents is 1. The average molecular weight is 510 g/mol. The lowest BCUT2D eigenvalue weighted by molar-refractivity contribution is 0.372. The van der Waals surface area contributed by atoms with Crippen molar-refractivity contribution in [1.82, 2.24) is 10.2 Å². The molecule has 0 aromatic heterocycles. The second-order valence-electron chi connectivity index (χ2n) is 7.03. The predicted molar refractivity (Wildman–Crippen MR) is 130 cm³/mol.